The predicted molar refractivity (Wildman–Crippen MR) is 76.1 cm³/mol. The Labute approximate surface area is 111 Å². The molecule has 18 heavy (non-hydrogen) atoms. The Hall–Kier alpha value is -0.810. The lowest BCUT2D eigenvalue weighted by molar-refractivity contribution is 0.0154. The summed E-state index contributed by atoms with van der Waals surface area (Å²) >= 11 is 0. The van der Waals surface area contributed by atoms with E-state index in [1.165, 1.54) is 45.6 Å². The van der Waals surface area contributed by atoms with Crippen LogP contribution >= 0.6 is 0 Å². The summed E-state index contributed by atoms with van der Waals surface area (Å²) in [6, 6.07) is 0.650. The summed E-state index contributed by atoms with van der Waals surface area (Å²) in [5, 5.41) is 6.81. The number of hydrogen-bond acceptors (Lipinski definition) is 3. The molecule has 2 N–H and O–H groups in total. The van der Waals surface area contributed by atoms with Crippen LogP contribution in [0, 0.1) is 0 Å². The average molecular weight is 253 g/mol. The normalized spacial score (nSPS) is 31.4. The third-order valence-corrected chi connectivity index (χ3v) is 3.94. The highest BCUT2D eigenvalue weighted by Crippen LogP contribution is 2.14. The minimum Gasteiger partial charge on any atom is -0.356 e. The molecule has 0 radical (unpaired) electrons. The Balaban J connectivity index is 1.70. The Morgan fingerprint density at radius 1 is 1.22 bits per heavy atom. The predicted octanol–water partition coefficient (Wildman–Crippen LogP) is -0.0487. The van der Waals surface area contributed by atoms with Gasteiger partial charge in [-0.2, -0.15) is 0 Å². The second-order valence-electron chi connectivity index (χ2n) is 5.22. The molecule has 5 heteroatoms. The van der Waals surface area contributed by atoms with E-state index in [1.807, 2.05) is 7.05 Å². The van der Waals surface area contributed by atoms with Crippen molar-refractivity contribution in [3.8, 4) is 0 Å². The van der Waals surface area contributed by atoms with Crippen molar-refractivity contribution in [2.75, 3.05) is 52.9 Å². The van der Waals surface area contributed by atoms with Gasteiger partial charge in [0.1, 0.15) is 0 Å². The molecular formula is C13H27N5. The maximum atomic E-state index is 4.27. The molecule has 0 aromatic rings. The minimum absolute atomic E-state index is 0.650. The first kappa shape index (κ1) is 13.6. The van der Waals surface area contributed by atoms with Crippen molar-refractivity contribution >= 4 is 5.96 Å². The topological polar surface area (TPSA) is 42.9 Å². The van der Waals surface area contributed by atoms with Crippen LogP contribution in [-0.2, 0) is 0 Å². The summed E-state index contributed by atoms with van der Waals surface area (Å²) in [7, 11) is 1.85. The maximum absolute atomic E-state index is 4.27. The fourth-order valence-corrected chi connectivity index (χ4v) is 2.74. The molecule has 3 heterocycles. The third-order valence-electron chi connectivity index (χ3n) is 3.94. The van der Waals surface area contributed by atoms with Crippen LogP contribution < -0.4 is 10.6 Å². The Bertz CT molecular complexity index is 271. The zero-order valence-electron chi connectivity index (χ0n) is 11.8. The molecule has 3 rings (SSSR count). The van der Waals surface area contributed by atoms with Gasteiger partial charge in [0.2, 0.25) is 0 Å². The van der Waals surface area contributed by atoms with Crippen LogP contribution in [0.15, 0.2) is 4.99 Å². The number of guanidine groups is 1. The highest BCUT2D eigenvalue weighted by molar-refractivity contribution is 5.79. The molecule has 5 nitrogen and oxygen atoms in total. The van der Waals surface area contributed by atoms with E-state index < -0.39 is 0 Å². The van der Waals surface area contributed by atoms with Crippen molar-refractivity contribution in [3.05, 3.63) is 0 Å². The van der Waals surface area contributed by atoms with Gasteiger partial charge in [0, 0.05) is 58.9 Å². The van der Waals surface area contributed by atoms with Gasteiger partial charge in [-0.3, -0.25) is 14.8 Å². The van der Waals surface area contributed by atoms with Gasteiger partial charge in [-0.05, 0) is 6.42 Å². The molecule has 3 aliphatic rings. The quantitative estimate of drug-likeness (QED) is 0.410. The van der Waals surface area contributed by atoms with Crippen LogP contribution in [0.25, 0.3) is 0 Å². The Morgan fingerprint density at radius 2 is 2.00 bits per heavy atom. The van der Waals surface area contributed by atoms with Crippen LogP contribution in [0.5, 0.6) is 0 Å². The first-order valence-electron chi connectivity index (χ1n) is 7.24. The van der Waals surface area contributed by atoms with Crippen molar-refractivity contribution in [1.29, 1.82) is 0 Å². The molecule has 3 fully saturated rings. The van der Waals surface area contributed by atoms with E-state index >= 15 is 0 Å². The highest BCUT2D eigenvalue weighted by atomic mass is 15.4. The van der Waals surface area contributed by atoms with E-state index in [0.29, 0.717) is 6.04 Å². The van der Waals surface area contributed by atoms with Crippen molar-refractivity contribution < 1.29 is 0 Å². The van der Waals surface area contributed by atoms with Gasteiger partial charge in [-0.15, -0.1) is 0 Å². The van der Waals surface area contributed by atoms with Gasteiger partial charge < -0.3 is 10.6 Å². The van der Waals surface area contributed by atoms with Crippen LogP contribution in [-0.4, -0.2) is 74.7 Å². The van der Waals surface area contributed by atoms with Gasteiger partial charge in [-0.1, -0.05) is 13.3 Å². The standard InChI is InChI=1S/C13H27N5/c1-3-4-5-15-13(14-2)16-10-12-11-17-6-8-18(12)9-7-17/h12H,3-11H2,1-2H3,(H2,14,15,16). The smallest absolute Gasteiger partial charge is 0.191 e. The van der Waals surface area contributed by atoms with Gasteiger partial charge in [0.05, 0.1) is 0 Å². The summed E-state index contributed by atoms with van der Waals surface area (Å²) in [5.74, 6) is 0.945. The molecule has 0 aromatic heterocycles. The van der Waals surface area contributed by atoms with Crippen LogP contribution in [0.4, 0.5) is 0 Å². The van der Waals surface area contributed by atoms with Crippen molar-refractivity contribution in [3.63, 3.8) is 0 Å². The molecule has 3 aliphatic heterocycles. The highest BCUT2D eigenvalue weighted by Gasteiger charge is 2.31. The summed E-state index contributed by atoms with van der Waals surface area (Å²) in [5.41, 5.74) is 0. The van der Waals surface area contributed by atoms with E-state index in [2.05, 4.69) is 32.3 Å². The first-order valence-corrected chi connectivity index (χ1v) is 7.24. The van der Waals surface area contributed by atoms with Crippen molar-refractivity contribution in [2.45, 2.75) is 25.8 Å². The molecular weight excluding hydrogens is 226 g/mol. The van der Waals surface area contributed by atoms with E-state index in [9.17, 15) is 0 Å². The first-order chi connectivity index (χ1) is 8.83. The number of nitrogens with one attached hydrogen (secondary N) is 2. The maximum Gasteiger partial charge on any atom is 0.191 e. The molecule has 104 valence electrons. The molecule has 0 amide bonds. The lowest BCUT2D eigenvalue weighted by atomic mass is 10.1. The zero-order chi connectivity index (χ0) is 12.8. The number of piperazine rings is 3. The fraction of sp³-hybridized carbons (Fsp3) is 0.923. The van der Waals surface area contributed by atoms with Gasteiger partial charge >= 0.3 is 0 Å². The lowest BCUT2D eigenvalue weighted by Gasteiger charge is -2.47. The Kier molecular flexibility index (Phi) is 5.26. The molecule has 3 saturated heterocycles. The fourth-order valence-electron chi connectivity index (χ4n) is 2.74. The average Bonchev–Trinajstić information content (AvgIpc) is 2.44. The third kappa shape index (κ3) is 3.59. The van der Waals surface area contributed by atoms with E-state index in [4.69, 9.17) is 0 Å². The number of fused-ring (bicyclic) bond motifs is 3. The van der Waals surface area contributed by atoms with Gasteiger partial charge in [0.15, 0.2) is 5.96 Å². The van der Waals surface area contributed by atoms with Gasteiger partial charge in [-0.25, -0.2) is 0 Å². The lowest BCUT2D eigenvalue weighted by Crippen LogP contribution is -2.63. The minimum atomic E-state index is 0.650. The molecule has 0 aliphatic carbocycles. The number of hydrogen-bond donors (Lipinski definition) is 2. The molecule has 1 atom stereocenters. The van der Waals surface area contributed by atoms with Crippen molar-refractivity contribution in [1.82, 2.24) is 20.4 Å². The van der Waals surface area contributed by atoms with Crippen LogP contribution in [0.2, 0.25) is 0 Å². The number of nitrogens with zero attached hydrogens (tertiary/aromatic N) is 3. The van der Waals surface area contributed by atoms with E-state index in [-0.39, 0.29) is 0 Å². The summed E-state index contributed by atoms with van der Waals surface area (Å²) < 4.78 is 0. The number of aliphatic imine (C=N–C) groups is 1. The zero-order valence-corrected chi connectivity index (χ0v) is 11.8. The molecule has 2 bridgehead atoms. The Morgan fingerprint density at radius 3 is 2.56 bits per heavy atom. The second kappa shape index (κ2) is 6.95. The molecule has 0 aromatic carbocycles. The number of unbranched alkanes of at least 4 members (excludes halogenated alkanes) is 1. The van der Waals surface area contributed by atoms with Crippen molar-refractivity contribution in [2.24, 2.45) is 4.99 Å². The molecule has 0 saturated carbocycles. The second-order valence-corrected chi connectivity index (χ2v) is 5.22. The SMILES string of the molecule is CCCCNC(=NC)NCC1CN2CCN1CC2. The van der Waals surface area contributed by atoms with Crippen LogP contribution in [0.1, 0.15) is 19.8 Å². The van der Waals surface area contributed by atoms with Crippen LogP contribution in [0.3, 0.4) is 0 Å². The molecule has 1 unspecified atom stereocenters. The summed E-state index contributed by atoms with van der Waals surface area (Å²) in [4.78, 5) is 9.44. The van der Waals surface area contributed by atoms with E-state index in [1.54, 1.807) is 0 Å². The molecule has 0 spiro atoms. The summed E-state index contributed by atoms with van der Waals surface area (Å²) in [6.07, 6.45) is 2.42. The van der Waals surface area contributed by atoms with E-state index in [0.717, 1.165) is 19.0 Å². The monoisotopic (exact) mass is 253 g/mol. The van der Waals surface area contributed by atoms with Gasteiger partial charge in [0.25, 0.3) is 0 Å². The summed E-state index contributed by atoms with van der Waals surface area (Å²) in [6.45, 7) is 10.4. The number of rotatable bonds is 5. The largest absolute Gasteiger partial charge is 0.356 e.